The molecule has 2 nitrogen and oxygen atoms in total. The Kier molecular flexibility index (Phi) is 2.37. The van der Waals surface area contributed by atoms with E-state index in [0.29, 0.717) is 6.42 Å². The molecule has 17 heavy (non-hydrogen) atoms. The summed E-state index contributed by atoms with van der Waals surface area (Å²) in [6, 6.07) is 14.5. The molecule has 2 aromatic carbocycles. The van der Waals surface area contributed by atoms with E-state index in [1.165, 1.54) is 12.1 Å². The van der Waals surface area contributed by atoms with Crippen LogP contribution in [0.4, 0.5) is 4.39 Å². The van der Waals surface area contributed by atoms with Gasteiger partial charge in [0.1, 0.15) is 5.82 Å². The number of fused-ring (bicyclic) bond motifs is 1. The molecule has 0 unspecified atom stereocenters. The van der Waals surface area contributed by atoms with Crippen LogP contribution < -0.4 is 0 Å². The minimum Gasteiger partial charge on any atom is -0.278 e. The van der Waals surface area contributed by atoms with Crippen molar-refractivity contribution in [2.45, 2.75) is 6.42 Å². The molecule has 0 saturated heterocycles. The third-order valence-corrected chi connectivity index (χ3v) is 2.83. The topological polar surface area (TPSA) is 28.7 Å². The van der Waals surface area contributed by atoms with E-state index in [2.05, 4.69) is 10.2 Å². The van der Waals surface area contributed by atoms with Gasteiger partial charge in [0.25, 0.3) is 0 Å². The molecule has 0 aliphatic carbocycles. The third kappa shape index (κ3) is 1.91. The van der Waals surface area contributed by atoms with Gasteiger partial charge in [-0.05, 0) is 23.8 Å². The van der Waals surface area contributed by atoms with Gasteiger partial charge in [-0.3, -0.25) is 5.10 Å². The Morgan fingerprint density at radius 2 is 1.76 bits per heavy atom. The number of halogens is 1. The number of hydrogen-bond acceptors (Lipinski definition) is 1. The molecule has 3 rings (SSSR count). The smallest absolute Gasteiger partial charge is 0.123 e. The molecule has 0 saturated carbocycles. The highest BCUT2D eigenvalue weighted by Gasteiger charge is 2.05. The predicted octanol–water partition coefficient (Wildman–Crippen LogP) is 3.29. The van der Waals surface area contributed by atoms with Crippen molar-refractivity contribution >= 4 is 10.9 Å². The van der Waals surface area contributed by atoms with Crippen LogP contribution in [0.25, 0.3) is 10.9 Å². The Bertz CT molecular complexity index is 641. The van der Waals surface area contributed by atoms with Gasteiger partial charge in [0.05, 0.1) is 11.2 Å². The van der Waals surface area contributed by atoms with Crippen LogP contribution in [0.2, 0.25) is 0 Å². The number of aromatic amines is 1. The van der Waals surface area contributed by atoms with E-state index in [9.17, 15) is 4.39 Å². The molecule has 0 fully saturated rings. The lowest BCUT2D eigenvalue weighted by Gasteiger charge is -1.98. The summed E-state index contributed by atoms with van der Waals surface area (Å²) in [6.45, 7) is 0. The fraction of sp³-hybridized carbons (Fsp3) is 0.0714. The number of H-pyrrole nitrogens is 1. The van der Waals surface area contributed by atoms with Crippen LogP contribution in [-0.2, 0) is 6.42 Å². The lowest BCUT2D eigenvalue weighted by Crippen LogP contribution is -1.89. The molecule has 3 aromatic rings. The Morgan fingerprint density at radius 1 is 1.00 bits per heavy atom. The average molecular weight is 226 g/mol. The maximum atomic E-state index is 12.8. The second-order valence-corrected chi connectivity index (χ2v) is 4.02. The average Bonchev–Trinajstić information content (AvgIpc) is 2.76. The summed E-state index contributed by atoms with van der Waals surface area (Å²) in [7, 11) is 0. The van der Waals surface area contributed by atoms with Crippen LogP contribution >= 0.6 is 0 Å². The van der Waals surface area contributed by atoms with Crippen molar-refractivity contribution in [3.63, 3.8) is 0 Å². The van der Waals surface area contributed by atoms with Gasteiger partial charge in [-0.15, -0.1) is 0 Å². The lowest BCUT2D eigenvalue weighted by atomic mass is 10.1. The van der Waals surface area contributed by atoms with E-state index in [0.717, 1.165) is 22.2 Å². The second kappa shape index (κ2) is 4.01. The lowest BCUT2D eigenvalue weighted by molar-refractivity contribution is 0.627. The Balaban J connectivity index is 1.97. The molecule has 3 heteroatoms. The van der Waals surface area contributed by atoms with Gasteiger partial charge in [-0.2, -0.15) is 5.10 Å². The normalized spacial score (nSPS) is 10.9. The number of nitrogens with zero attached hydrogens (tertiary/aromatic N) is 1. The number of benzene rings is 2. The molecule has 0 radical (unpaired) electrons. The third-order valence-electron chi connectivity index (χ3n) is 2.83. The Morgan fingerprint density at radius 3 is 2.59 bits per heavy atom. The monoisotopic (exact) mass is 226 g/mol. The van der Waals surface area contributed by atoms with Gasteiger partial charge in [0.2, 0.25) is 0 Å². The van der Waals surface area contributed by atoms with Crippen LogP contribution in [0, 0.1) is 5.82 Å². The van der Waals surface area contributed by atoms with E-state index in [1.807, 2.05) is 24.3 Å². The highest BCUT2D eigenvalue weighted by atomic mass is 19.1. The molecule has 84 valence electrons. The number of aromatic nitrogens is 2. The van der Waals surface area contributed by atoms with Crippen LogP contribution in [0.1, 0.15) is 11.3 Å². The zero-order valence-electron chi connectivity index (χ0n) is 9.15. The van der Waals surface area contributed by atoms with E-state index in [4.69, 9.17) is 0 Å². The van der Waals surface area contributed by atoms with Gasteiger partial charge < -0.3 is 0 Å². The summed E-state index contributed by atoms with van der Waals surface area (Å²) in [6.07, 6.45) is 0.713. The number of para-hydroxylation sites is 1. The van der Waals surface area contributed by atoms with Crippen LogP contribution in [0.3, 0.4) is 0 Å². The van der Waals surface area contributed by atoms with E-state index in [1.54, 1.807) is 12.1 Å². The zero-order valence-corrected chi connectivity index (χ0v) is 9.15. The molecular formula is C14H11FN2. The van der Waals surface area contributed by atoms with Crippen LogP contribution in [0.15, 0.2) is 48.5 Å². The first-order chi connectivity index (χ1) is 8.33. The van der Waals surface area contributed by atoms with Crippen LogP contribution in [-0.4, -0.2) is 10.2 Å². The highest BCUT2D eigenvalue weighted by Crippen LogP contribution is 2.18. The Labute approximate surface area is 98.1 Å². The van der Waals surface area contributed by atoms with E-state index >= 15 is 0 Å². The molecule has 1 aromatic heterocycles. The van der Waals surface area contributed by atoms with E-state index < -0.39 is 0 Å². The second-order valence-electron chi connectivity index (χ2n) is 4.02. The molecule has 0 amide bonds. The molecule has 1 N–H and O–H groups in total. The molecule has 0 aliphatic rings. The first-order valence-electron chi connectivity index (χ1n) is 5.49. The minimum absolute atomic E-state index is 0.208. The summed E-state index contributed by atoms with van der Waals surface area (Å²) < 4.78 is 12.8. The van der Waals surface area contributed by atoms with Crippen molar-refractivity contribution in [3.8, 4) is 0 Å². The summed E-state index contributed by atoms with van der Waals surface area (Å²) in [5.74, 6) is -0.208. The number of nitrogens with one attached hydrogen (secondary N) is 1. The molecular weight excluding hydrogens is 215 g/mol. The fourth-order valence-corrected chi connectivity index (χ4v) is 1.95. The summed E-state index contributed by atoms with van der Waals surface area (Å²) in [5, 5.41) is 8.41. The Hall–Kier alpha value is -2.16. The van der Waals surface area contributed by atoms with Crippen LogP contribution in [0.5, 0.6) is 0 Å². The number of hydrogen-bond donors (Lipinski definition) is 1. The van der Waals surface area contributed by atoms with Crippen molar-refractivity contribution in [2.75, 3.05) is 0 Å². The van der Waals surface area contributed by atoms with Crippen molar-refractivity contribution < 1.29 is 4.39 Å². The van der Waals surface area contributed by atoms with Crippen molar-refractivity contribution in [3.05, 3.63) is 65.6 Å². The largest absolute Gasteiger partial charge is 0.278 e. The van der Waals surface area contributed by atoms with Crippen molar-refractivity contribution in [1.82, 2.24) is 10.2 Å². The van der Waals surface area contributed by atoms with E-state index in [-0.39, 0.29) is 5.82 Å². The van der Waals surface area contributed by atoms with Gasteiger partial charge in [0.15, 0.2) is 0 Å². The quantitative estimate of drug-likeness (QED) is 0.713. The molecule has 0 bridgehead atoms. The summed E-state index contributed by atoms with van der Waals surface area (Å²) >= 11 is 0. The van der Waals surface area contributed by atoms with Gasteiger partial charge in [-0.1, -0.05) is 30.3 Å². The first-order valence-corrected chi connectivity index (χ1v) is 5.49. The zero-order chi connectivity index (χ0) is 11.7. The molecule has 0 atom stereocenters. The summed E-state index contributed by atoms with van der Waals surface area (Å²) in [4.78, 5) is 0. The molecule has 1 heterocycles. The molecule has 0 spiro atoms. The molecule has 0 aliphatic heterocycles. The predicted molar refractivity (Wildman–Crippen MR) is 65.3 cm³/mol. The van der Waals surface area contributed by atoms with Gasteiger partial charge >= 0.3 is 0 Å². The maximum Gasteiger partial charge on any atom is 0.123 e. The van der Waals surface area contributed by atoms with Gasteiger partial charge in [0, 0.05) is 11.8 Å². The highest BCUT2D eigenvalue weighted by molar-refractivity contribution is 5.81. The van der Waals surface area contributed by atoms with Crippen molar-refractivity contribution in [1.29, 1.82) is 0 Å². The standard InChI is InChI=1S/C14H11FN2/c15-11-7-5-10(6-8-11)9-14-12-3-1-2-4-13(12)16-17-14/h1-8H,9H2,(H,16,17). The minimum atomic E-state index is -0.208. The summed E-state index contributed by atoms with van der Waals surface area (Å²) in [5.41, 5.74) is 3.08. The first kappa shape index (κ1) is 10.0. The van der Waals surface area contributed by atoms with Gasteiger partial charge in [-0.25, -0.2) is 4.39 Å². The fourth-order valence-electron chi connectivity index (χ4n) is 1.95. The number of rotatable bonds is 2. The maximum absolute atomic E-state index is 12.8. The SMILES string of the molecule is Fc1ccc(Cc2n[nH]c3ccccc23)cc1. The van der Waals surface area contributed by atoms with Crippen molar-refractivity contribution in [2.24, 2.45) is 0 Å².